The van der Waals surface area contributed by atoms with Crippen molar-refractivity contribution in [3.63, 3.8) is 0 Å². The second-order valence-electron chi connectivity index (χ2n) is 14.8. The van der Waals surface area contributed by atoms with Crippen LogP contribution in [0.4, 0.5) is 0 Å². The number of likely N-dealkylation sites (tertiary alicyclic amines) is 1. The maximum Gasteiger partial charge on any atom is 0.320 e. The fraction of sp³-hybridized carbons (Fsp3) is 0.432. The molecule has 0 amide bonds. The van der Waals surface area contributed by atoms with Gasteiger partial charge in [-0.1, -0.05) is 48.4 Å². The lowest BCUT2D eigenvalue weighted by Gasteiger charge is -2.45. The van der Waals surface area contributed by atoms with Crippen molar-refractivity contribution in [2.75, 3.05) is 46.1 Å². The van der Waals surface area contributed by atoms with Crippen molar-refractivity contribution < 1.29 is 33.6 Å². The first kappa shape index (κ1) is 39.5. The van der Waals surface area contributed by atoms with Gasteiger partial charge in [0.15, 0.2) is 0 Å². The monoisotopic (exact) mass is 780 g/mol. The highest BCUT2D eigenvalue weighted by atomic mass is 35.5. The number of nitriles is 1. The van der Waals surface area contributed by atoms with Crippen LogP contribution in [0.15, 0.2) is 67.0 Å². The van der Waals surface area contributed by atoms with Crippen LogP contribution in [0.5, 0.6) is 17.2 Å². The standard InChI is InChI=1S/C44H49ClN4O7/c1-29-33(8-5-9-37(29)38-10-6-12-41(30(38)2)54-15-7-14-49-35-25-52-27-36(49)28-53-26-35)24-56-43-18-42(55-23-32-16-31(19-46)20-47-21-32)34(17-39(43)45)22-48-13-4-3-11-40(48)44(50)51/h5-6,8-10,12,16-18,20-21,35-36,40H,3-4,7,11,13-15,22-28H2,1-2H3,(H,50,51). The molecule has 294 valence electrons. The molecule has 1 N–H and O–H groups in total. The van der Waals surface area contributed by atoms with Crippen LogP contribution in [-0.4, -0.2) is 90.1 Å². The summed E-state index contributed by atoms with van der Waals surface area (Å²) in [5.41, 5.74) is 7.32. The van der Waals surface area contributed by atoms with Crippen molar-refractivity contribution in [3.8, 4) is 34.4 Å². The Morgan fingerprint density at radius 1 is 0.893 bits per heavy atom. The minimum absolute atomic E-state index is 0.159. The zero-order valence-corrected chi connectivity index (χ0v) is 32.8. The van der Waals surface area contributed by atoms with E-state index in [4.69, 9.17) is 35.3 Å². The Balaban J connectivity index is 1.05. The third-order valence-electron chi connectivity index (χ3n) is 11.1. The number of benzene rings is 3. The van der Waals surface area contributed by atoms with Crippen LogP contribution in [0, 0.1) is 25.2 Å². The first-order chi connectivity index (χ1) is 27.3. The quantitative estimate of drug-likeness (QED) is 0.122. The molecular weight excluding hydrogens is 732 g/mol. The maximum atomic E-state index is 12.1. The molecule has 0 aliphatic carbocycles. The van der Waals surface area contributed by atoms with Gasteiger partial charge in [-0.2, -0.15) is 5.26 Å². The van der Waals surface area contributed by atoms with Crippen molar-refractivity contribution in [2.24, 2.45) is 0 Å². The first-order valence-corrected chi connectivity index (χ1v) is 19.8. The Hall–Kier alpha value is -4.70. The summed E-state index contributed by atoms with van der Waals surface area (Å²) in [6.07, 6.45) is 6.47. The van der Waals surface area contributed by atoms with Crippen molar-refractivity contribution in [1.82, 2.24) is 14.8 Å². The second-order valence-corrected chi connectivity index (χ2v) is 15.2. The molecule has 4 aromatic rings. The van der Waals surface area contributed by atoms with E-state index in [0.717, 1.165) is 96.9 Å². The molecule has 1 unspecified atom stereocenters. The summed E-state index contributed by atoms with van der Waals surface area (Å²) in [5, 5.41) is 19.7. The van der Waals surface area contributed by atoms with E-state index in [9.17, 15) is 15.2 Å². The van der Waals surface area contributed by atoms with Crippen molar-refractivity contribution in [1.29, 1.82) is 5.26 Å². The van der Waals surface area contributed by atoms with Crippen LogP contribution in [-0.2, 0) is 34.0 Å². The van der Waals surface area contributed by atoms with E-state index in [1.54, 1.807) is 18.3 Å². The lowest BCUT2D eigenvalue weighted by molar-refractivity contribution is -0.144. The second kappa shape index (κ2) is 18.5. The fourth-order valence-electron chi connectivity index (χ4n) is 8.01. The molecule has 56 heavy (non-hydrogen) atoms. The smallest absolute Gasteiger partial charge is 0.320 e. The van der Waals surface area contributed by atoms with Crippen LogP contribution in [0.2, 0.25) is 5.02 Å². The summed E-state index contributed by atoms with van der Waals surface area (Å²) in [6, 6.07) is 19.9. The van der Waals surface area contributed by atoms with E-state index < -0.39 is 12.0 Å². The molecule has 4 heterocycles. The van der Waals surface area contributed by atoms with Crippen LogP contribution >= 0.6 is 11.6 Å². The number of rotatable bonds is 15. The normalized spacial score (nSPS) is 19.9. The third kappa shape index (κ3) is 9.28. The van der Waals surface area contributed by atoms with Crippen molar-refractivity contribution in [2.45, 2.75) is 77.4 Å². The Morgan fingerprint density at radius 2 is 1.62 bits per heavy atom. The molecule has 3 aliphatic rings. The number of pyridine rings is 1. The van der Waals surface area contributed by atoms with Gasteiger partial charge in [0.05, 0.1) is 55.7 Å². The summed E-state index contributed by atoms with van der Waals surface area (Å²) in [5.74, 6) is 1.03. The molecule has 1 atom stereocenters. The molecule has 12 heteroatoms. The number of aromatic nitrogens is 1. The molecule has 7 rings (SSSR count). The number of fused-ring (bicyclic) bond motifs is 2. The number of halogens is 1. The minimum atomic E-state index is -0.831. The van der Waals surface area contributed by atoms with Gasteiger partial charge in [-0.25, -0.2) is 0 Å². The Bertz CT molecular complexity index is 2030. The van der Waals surface area contributed by atoms with Crippen LogP contribution in [0.3, 0.4) is 0 Å². The van der Waals surface area contributed by atoms with Gasteiger partial charge in [0.2, 0.25) is 0 Å². The first-order valence-electron chi connectivity index (χ1n) is 19.4. The number of hydrogen-bond acceptors (Lipinski definition) is 10. The summed E-state index contributed by atoms with van der Waals surface area (Å²) in [6.45, 7) is 10.1. The van der Waals surface area contributed by atoms with Crippen molar-refractivity contribution >= 4 is 17.6 Å². The number of hydrogen-bond donors (Lipinski definition) is 1. The van der Waals surface area contributed by atoms with Crippen LogP contribution < -0.4 is 14.2 Å². The summed E-state index contributed by atoms with van der Waals surface area (Å²) in [7, 11) is 0. The number of carboxylic acids is 1. The molecule has 11 nitrogen and oxygen atoms in total. The SMILES string of the molecule is Cc1c(COc2cc(OCc3cncc(C#N)c3)c(CN3CCCCC3C(=O)O)cc2Cl)cccc1-c1cccc(OCCCN2C3COCC2COC3)c1C. The molecule has 3 fully saturated rings. The predicted octanol–water partition coefficient (Wildman–Crippen LogP) is 7.36. The van der Waals surface area contributed by atoms with Gasteiger partial charge in [-0.15, -0.1) is 0 Å². The van der Waals surface area contributed by atoms with Gasteiger partial charge in [0.1, 0.15) is 42.6 Å². The zero-order chi connectivity index (χ0) is 39.0. The Morgan fingerprint density at radius 3 is 2.38 bits per heavy atom. The number of nitrogens with zero attached hydrogens (tertiary/aromatic N) is 4. The number of morpholine rings is 2. The van der Waals surface area contributed by atoms with Crippen LogP contribution in [0.1, 0.15) is 59.1 Å². The van der Waals surface area contributed by atoms with Crippen molar-refractivity contribution in [3.05, 3.63) is 105 Å². The molecular formula is C44H49ClN4O7. The highest BCUT2D eigenvalue weighted by Crippen LogP contribution is 2.37. The average Bonchev–Trinajstić information content (AvgIpc) is 3.20. The molecule has 3 aromatic carbocycles. The lowest BCUT2D eigenvalue weighted by atomic mass is 9.93. The molecule has 0 spiro atoms. The van der Waals surface area contributed by atoms with Gasteiger partial charge in [0.25, 0.3) is 0 Å². The molecule has 0 saturated carbocycles. The third-order valence-corrected chi connectivity index (χ3v) is 11.4. The van der Waals surface area contributed by atoms with Gasteiger partial charge in [-0.3, -0.25) is 19.6 Å². The largest absolute Gasteiger partial charge is 0.493 e. The van der Waals surface area contributed by atoms with E-state index in [1.807, 2.05) is 29.2 Å². The topological polar surface area (TPSA) is 127 Å². The Labute approximate surface area is 333 Å². The van der Waals surface area contributed by atoms with E-state index in [0.29, 0.717) is 60.3 Å². The molecule has 1 aromatic heterocycles. The van der Waals surface area contributed by atoms with E-state index >= 15 is 0 Å². The van der Waals surface area contributed by atoms with E-state index in [2.05, 4.69) is 48.0 Å². The van der Waals surface area contributed by atoms with Gasteiger partial charge >= 0.3 is 5.97 Å². The lowest BCUT2D eigenvalue weighted by Crippen LogP contribution is -2.59. The van der Waals surface area contributed by atoms with E-state index in [-0.39, 0.29) is 13.2 Å². The molecule has 0 radical (unpaired) electrons. The molecule has 2 bridgehead atoms. The highest BCUT2D eigenvalue weighted by Gasteiger charge is 2.35. The number of aliphatic carboxylic acids is 1. The molecule has 3 saturated heterocycles. The number of ether oxygens (including phenoxy) is 5. The summed E-state index contributed by atoms with van der Waals surface area (Å²) < 4.78 is 30.6. The summed E-state index contributed by atoms with van der Waals surface area (Å²) in [4.78, 5) is 20.7. The van der Waals surface area contributed by atoms with Gasteiger partial charge < -0.3 is 28.8 Å². The van der Waals surface area contributed by atoms with Gasteiger partial charge in [0, 0.05) is 42.7 Å². The maximum absolute atomic E-state index is 12.1. The predicted molar refractivity (Wildman–Crippen MR) is 212 cm³/mol. The van der Waals surface area contributed by atoms with E-state index in [1.165, 1.54) is 6.20 Å². The zero-order valence-electron chi connectivity index (χ0n) is 32.0. The Kier molecular flexibility index (Phi) is 13.1. The minimum Gasteiger partial charge on any atom is -0.493 e. The highest BCUT2D eigenvalue weighted by molar-refractivity contribution is 6.32. The van der Waals surface area contributed by atoms with Gasteiger partial charge in [-0.05, 0) is 85.7 Å². The number of carbonyl (C=O) groups is 1. The number of piperidine rings is 1. The molecule has 3 aliphatic heterocycles. The fourth-order valence-corrected chi connectivity index (χ4v) is 8.25. The average molecular weight is 781 g/mol. The van der Waals surface area contributed by atoms with Crippen LogP contribution in [0.25, 0.3) is 11.1 Å². The number of carboxylic acid groups (broad SMARTS) is 1. The summed E-state index contributed by atoms with van der Waals surface area (Å²) >= 11 is 6.88.